The molecule has 2 rings (SSSR count). The highest BCUT2D eigenvalue weighted by Crippen LogP contribution is 2.29. The van der Waals surface area contributed by atoms with E-state index in [2.05, 4.69) is 63.5 Å². The Morgan fingerprint density at radius 3 is 2.89 bits per heavy atom. The van der Waals surface area contributed by atoms with Crippen molar-refractivity contribution >= 4 is 44.7 Å². The van der Waals surface area contributed by atoms with Gasteiger partial charge < -0.3 is 5.32 Å². The fourth-order valence-electron chi connectivity index (χ4n) is 1.51. The molecule has 1 nitrogen and oxygen atoms in total. The van der Waals surface area contributed by atoms with Crippen LogP contribution in [0, 0.1) is 0 Å². The van der Waals surface area contributed by atoms with Crippen LogP contribution in [0.5, 0.6) is 0 Å². The standard InChI is InChI=1S/C14H14BrNS2/c1-2-8-17-13-6-4-3-5-12(13)16-10-14-11(15)7-9-18-14/h2-7,9,16H,1,8,10H2. The van der Waals surface area contributed by atoms with Crippen LogP contribution in [0.1, 0.15) is 4.88 Å². The summed E-state index contributed by atoms with van der Waals surface area (Å²) in [6.45, 7) is 4.61. The summed E-state index contributed by atoms with van der Waals surface area (Å²) in [6.07, 6.45) is 1.93. The number of anilines is 1. The Morgan fingerprint density at radius 1 is 1.33 bits per heavy atom. The predicted octanol–water partition coefficient (Wildman–Crippen LogP) is 5.40. The summed E-state index contributed by atoms with van der Waals surface area (Å²) in [4.78, 5) is 2.59. The first kappa shape index (κ1) is 13.7. The highest BCUT2D eigenvalue weighted by molar-refractivity contribution is 9.10. The second-order valence-electron chi connectivity index (χ2n) is 3.64. The highest BCUT2D eigenvalue weighted by Gasteiger charge is 2.04. The molecule has 0 fully saturated rings. The molecule has 0 aliphatic rings. The first-order valence-corrected chi connectivity index (χ1v) is 8.25. The van der Waals surface area contributed by atoms with Gasteiger partial charge >= 0.3 is 0 Å². The van der Waals surface area contributed by atoms with E-state index in [-0.39, 0.29) is 0 Å². The van der Waals surface area contributed by atoms with Gasteiger partial charge in [-0.05, 0) is 39.5 Å². The summed E-state index contributed by atoms with van der Waals surface area (Å²) in [5.74, 6) is 0.932. The van der Waals surface area contributed by atoms with Crippen LogP contribution in [-0.4, -0.2) is 5.75 Å². The Kier molecular flexibility index (Phi) is 5.35. The monoisotopic (exact) mass is 339 g/mol. The first-order valence-electron chi connectivity index (χ1n) is 5.59. The maximum absolute atomic E-state index is 3.76. The minimum Gasteiger partial charge on any atom is -0.379 e. The number of nitrogens with one attached hydrogen (secondary N) is 1. The van der Waals surface area contributed by atoms with Crippen LogP contribution in [0.2, 0.25) is 0 Å². The van der Waals surface area contributed by atoms with Crippen molar-refractivity contribution in [3.8, 4) is 0 Å². The molecule has 0 aliphatic heterocycles. The van der Waals surface area contributed by atoms with Crippen LogP contribution in [0.25, 0.3) is 0 Å². The Labute approximate surface area is 124 Å². The molecule has 18 heavy (non-hydrogen) atoms. The molecular weight excluding hydrogens is 326 g/mol. The van der Waals surface area contributed by atoms with Crippen molar-refractivity contribution in [1.82, 2.24) is 0 Å². The molecule has 0 aliphatic carbocycles. The van der Waals surface area contributed by atoms with Crippen LogP contribution >= 0.6 is 39.0 Å². The van der Waals surface area contributed by atoms with E-state index < -0.39 is 0 Å². The van der Waals surface area contributed by atoms with E-state index in [1.54, 1.807) is 23.1 Å². The number of thiophene rings is 1. The van der Waals surface area contributed by atoms with Crippen molar-refractivity contribution in [2.24, 2.45) is 0 Å². The molecule has 1 heterocycles. The Morgan fingerprint density at radius 2 is 2.17 bits per heavy atom. The van der Waals surface area contributed by atoms with Crippen LogP contribution in [0.3, 0.4) is 0 Å². The predicted molar refractivity (Wildman–Crippen MR) is 86.7 cm³/mol. The Bertz CT molecular complexity index is 522. The van der Waals surface area contributed by atoms with Crippen molar-refractivity contribution in [1.29, 1.82) is 0 Å². The van der Waals surface area contributed by atoms with Gasteiger partial charge in [-0.15, -0.1) is 29.7 Å². The first-order chi connectivity index (χ1) is 8.81. The second-order valence-corrected chi connectivity index (χ2v) is 6.56. The van der Waals surface area contributed by atoms with Gasteiger partial charge in [0.25, 0.3) is 0 Å². The molecule has 1 aromatic carbocycles. The quantitative estimate of drug-likeness (QED) is 0.558. The Balaban J connectivity index is 2.04. The lowest BCUT2D eigenvalue weighted by molar-refractivity contribution is 1.16. The fourth-order valence-corrected chi connectivity index (χ4v) is 3.71. The SMILES string of the molecule is C=CCSc1ccccc1NCc1sccc1Br. The summed E-state index contributed by atoms with van der Waals surface area (Å²) in [5, 5.41) is 5.59. The maximum Gasteiger partial charge on any atom is 0.0505 e. The van der Waals surface area contributed by atoms with Gasteiger partial charge in [-0.2, -0.15) is 0 Å². The summed E-state index contributed by atoms with van der Waals surface area (Å²) in [7, 11) is 0. The van der Waals surface area contributed by atoms with Gasteiger partial charge in [0.2, 0.25) is 0 Å². The van der Waals surface area contributed by atoms with Gasteiger partial charge in [0.1, 0.15) is 0 Å². The number of thioether (sulfide) groups is 1. The maximum atomic E-state index is 3.76. The largest absolute Gasteiger partial charge is 0.379 e. The minimum atomic E-state index is 0.851. The van der Waals surface area contributed by atoms with E-state index in [0.29, 0.717) is 0 Å². The zero-order valence-corrected chi connectivity index (χ0v) is 13.1. The van der Waals surface area contributed by atoms with E-state index in [1.165, 1.54) is 19.9 Å². The molecule has 94 valence electrons. The minimum absolute atomic E-state index is 0.851. The number of hydrogen-bond donors (Lipinski definition) is 1. The average Bonchev–Trinajstić information content (AvgIpc) is 2.80. The van der Waals surface area contributed by atoms with E-state index in [9.17, 15) is 0 Å². The van der Waals surface area contributed by atoms with Crippen molar-refractivity contribution < 1.29 is 0 Å². The summed E-state index contributed by atoms with van der Waals surface area (Å²) >= 11 is 7.11. The lowest BCUT2D eigenvalue weighted by atomic mass is 10.3. The number of benzene rings is 1. The molecule has 0 spiro atoms. The van der Waals surface area contributed by atoms with Crippen LogP contribution in [0.4, 0.5) is 5.69 Å². The van der Waals surface area contributed by atoms with Crippen molar-refractivity contribution in [2.45, 2.75) is 11.4 Å². The van der Waals surface area contributed by atoms with Gasteiger partial charge in [-0.25, -0.2) is 0 Å². The van der Waals surface area contributed by atoms with E-state index >= 15 is 0 Å². The molecule has 0 bridgehead atoms. The highest BCUT2D eigenvalue weighted by atomic mass is 79.9. The number of rotatable bonds is 6. The van der Waals surface area contributed by atoms with E-state index in [4.69, 9.17) is 0 Å². The molecule has 0 saturated heterocycles. The third-order valence-corrected chi connectivity index (χ3v) is 5.37. The number of hydrogen-bond acceptors (Lipinski definition) is 3. The lowest BCUT2D eigenvalue weighted by Gasteiger charge is -2.10. The van der Waals surface area contributed by atoms with Crippen LogP contribution in [-0.2, 0) is 6.54 Å². The van der Waals surface area contributed by atoms with Gasteiger partial charge in [-0.3, -0.25) is 0 Å². The fraction of sp³-hybridized carbons (Fsp3) is 0.143. The molecule has 0 unspecified atom stereocenters. The van der Waals surface area contributed by atoms with Crippen molar-refractivity contribution in [3.05, 3.63) is 57.7 Å². The molecule has 4 heteroatoms. The second kappa shape index (κ2) is 7.02. The van der Waals surface area contributed by atoms with Crippen LogP contribution in [0.15, 0.2) is 57.7 Å². The number of halogens is 1. The zero-order valence-electron chi connectivity index (χ0n) is 9.86. The third kappa shape index (κ3) is 3.64. The molecule has 1 N–H and O–H groups in total. The Hall–Kier alpha value is -0.710. The topological polar surface area (TPSA) is 12.0 Å². The molecule has 0 amide bonds. The normalized spacial score (nSPS) is 10.3. The van der Waals surface area contributed by atoms with Crippen molar-refractivity contribution in [3.63, 3.8) is 0 Å². The van der Waals surface area contributed by atoms with E-state index in [1.807, 2.05) is 6.08 Å². The summed E-state index contributed by atoms with van der Waals surface area (Å²) in [6, 6.07) is 10.5. The molecule has 2 aromatic rings. The van der Waals surface area contributed by atoms with Crippen molar-refractivity contribution in [2.75, 3.05) is 11.1 Å². The average molecular weight is 340 g/mol. The molecule has 1 aromatic heterocycles. The van der Waals surface area contributed by atoms with Gasteiger partial charge in [0.15, 0.2) is 0 Å². The van der Waals surface area contributed by atoms with Gasteiger partial charge in [0.05, 0.1) is 6.54 Å². The smallest absolute Gasteiger partial charge is 0.0505 e. The van der Waals surface area contributed by atoms with E-state index in [0.717, 1.165) is 12.3 Å². The molecule has 0 radical (unpaired) electrons. The molecular formula is C14H14BrNS2. The number of para-hydroxylation sites is 1. The zero-order chi connectivity index (χ0) is 12.8. The van der Waals surface area contributed by atoms with Gasteiger partial charge in [-0.1, -0.05) is 18.2 Å². The molecule has 0 saturated carbocycles. The lowest BCUT2D eigenvalue weighted by Crippen LogP contribution is -1.99. The third-order valence-electron chi connectivity index (χ3n) is 2.37. The summed E-state index contributed by atoms with van der Waals surface area (Å²) in [5.41, 5.74) is 1.18. The van der Waals surface area contributed by atoms with Crippen LogP contribution < -0.4 is 5.32 Å². The summed E-state index contributed by atoms with van der Waals surface area (Å²) < 4.78 is 1.18. The van der Waals surface area contributed by atoms with Gasteiger partial charge in [0, 0.05) is 25.7 Å². The molecule has 0 atom stereocenters.